The maximum Gasteiger partial charge on any atom is 0.408 e. The van der Waals surface area contributed by atoms with Crippen LogP contribution in [0.1, 0.15) is 38.3 Å². The van der Waals surface area contributed by atoms with Gasteiger partial charge < -0.3 is 14.8 Å². The van der Waals surface area contributed by atoms with Gasteiger partial charge in [-0.25, -0.2) is 17.9 Å². The maximum atomic E-state index is 13.2. The number of rotatable bonds is 10. The highest BCUT2D eigenvalue weighted by Gasteiger charge is 2.29. The Morgan fingerprint density at radius 2 is 1.64 bits per heavy atom. The van der Waals surface area contributed by atoms with Gasteiger partial charge in [-0.05, 0) is 80.3 Å². The Bertz CT molecular complexity index is 1630. The molecular formula is C33H34Cl2N2O6S. The fraction of sp³-hybridized carbons (Fsp3) is 0.273. The highest BCUT2D eigenvalue weighted by Crippen LogP contribution is 2.32. The summed E-state index contributed by atoms with van der Waals surface area (Å²) < 4.78 is 39.0. The van der Waals surface area contributed by atoms with Crippen LogP contribution >= 0.6 is 23.2 Å². The Balaban J connectivity index is 1.41. The van der Waals surface area contributed by atoms with Gasteiger partial charge in [0.05, 0.1) is 4.90 Å². The molecule has 232 valence electrons. The Kier molecular flexibility index (Phi) is 10.4. The number of carbonyl (C=O) groups excluding carboxylic acids is 2. The van der Waals surface area contributed by atoms with Gasteiger partial charge >= 0.3 is 6.09 Å². The molecule has 3 aromatic carbocycles. The first kappa shape index (κ1) is 33.1. The van der Waals surface area contributed by atoms with Crippen LogP contribution in [-0.4, -0.2) is 43.5 Å². The topological polar surface area (TPSA) is 111 Å². The monoisotopic (exact) mass is 656 g/mol. The third kappa shape index (κ3) is 9.61. The SMILES string of the molecule is CC(C)(C)OC(=O)NC(Cc1ccc(OCC2(Cl)C=CC(c3ccccc3)=CC2)cc1)C(=O)NS(=O)(=O)c1ccc(Cl)cc1. The fourth-order valence-electron chi connectivity index (χ4n) is 4.30. The molecule has 2 N–H and O–H groups in total. The number of allylic oxidation sites excluding steroid dienone is 3. The lowest BCUT2D eigenvalue weighted by Gasteiger charge is -2.26. The quantitative estimate of drug-likeness (QED) is 0.236. The summed E-state index contributed by atoms with van der Waals surface area (Å²) in [7, 11) is -4.23. The summed E-state index contributed by atoms with van der Waals surface area (Å²) >= 11 is 12.7. The van der Waals surface area contributed by atoms with Gasteiger partial charge in [0, 0.05) is 11.4 Å². The van der Waals surface area contributed by atoms with Crippen LogP contribution in [-0.2, 0) is 26.0 Å². The number of halogens is 2. The van der Waals surface area contributed by atoms with Gasteiger partial charge in [0.2, 0.25) is 0 Å². The minimum Gasteiger partial charge on any atom is -0.491 e. The van der Waals surface area contributed by atoms with Gasteiger partial charge in [-0.2, -0.15) is 0 Å². The molecule has 0 fully saturated rings. The predicted molar refractivity (Wildman–Crippen MR) is 172 cm³/mol. The van der Waals surface area contributed by atoms with Crippen LogP contribution in [0.2, 0.25) is 5.02 Å². The minimum absolute atomic E-state index is 0.0171. The van der Waals surface area contributed by atoms with Crippen LogP contribution in [0.3, 0.4) is 0 Å². The molecule has 2 atom stereocenters. The Hall–Kier alpha value is -3.79. The highest BCUT2D eigenvalue weighted by molar-refractivity contribution is 7.90. The average Bonchev–Trinajstić information content (AvgIpc) is 2.96. The molecule has 1 aliphatic carbocycles. The Morgan fingerprint density at radius 3 is 2.23 bits per heavy atom. The predicted octanol–water partition coefficient (Wildman–Crippen LogP) is 6.68. The van der Waals surface area contributed by atoms with Gasteiger partial charge in [-0.1, -0.05) is 72.3 Å². The van der Waals surface area contributed by atoms with Crippen LogP contribution in [0.15, 0.2) is 102 Å². The molecule has 0 radical (unpaired) electrons. The summed E-state index contributed by atoms with van der Waals surface area (Å²) in [6, 6.07) is 21.0. The number of sulfonamides is 1. The molecular weight excluding hydrogens is 623 g/mol. The molecule has 0 saturated heterocycles. The number of hydrogen-bond donors (Lipinski definition) is 2. The molecule has 0 bridgehead atoms. The highest BCUT2D eigenvalue weighted by atomic mass is 35.5. The smallest absolute Gasteiger partial charge is 0.408 e. The normalized spacial score (nSPS) is 17.2. The van der Waals surface area contributed by atoms with E-state index in [-0.39, 0.29) is 17.9 Å². The summed E-state index contributed by atoms with van der Waals surface area (Å²) in [5, 5.41) is 2.83. The molecule has 0 spiro atoms. The van der Waals surface area contributed by atoms with E-state index in [1.54, 1.807) is 45.0 Å². The van der Waals surface area contributed by atoms with Crippen LogP contribution in [0, 0.1) is 0 Å². The second kappa shape index (κ2) is 13.9. The molecule has 44 heavy (non-hydrogen) atoms. The van der Waals surface area contributed by atoms with Crippen LogP contribution in [0.4, 0.5) is 4.79 Å². The van der Waals surface area contributed by atoms with Gasteiger partial charge in [-0.3, -0.25) is 4.79 Å². The summed E-state index contributed by atoms with van der Waals surface area (Å²) in [4.78, 5) is 24.8. The molecule has 8 nitrogen and oxygen atoms in total. The molecule has 0 aromatic heterocycles. The van der Waals surface area contributed by atoms with Crippen molar-refractivity contribution in [3.8, 4) is 5.75 Å². The third-order valence-electron chi connectivity index (χ3n) is 6.54. The molecule has 2 unspecified atom stereocenters. The van der Waals surface area contributed by atoms with Crippen molar-refractivity contribution in [3.05, 3.63) is 113 Å². The average molecular weight is 658 g/mol. The Morgan fingerprint density at radius 1 is 0.977 bits per heavy atom. The largest absolute Gasteiger partial charge is 0.491 e. The number of alkyl carbamates (subject to hydrolysis) is 1. The number of hydrogen-bond acceptors (Lipinski definition) is 6. The van der Waals surface area contributed by atoms with E-state index in [0.717, 1.165) is 11.1 Å². The number of alkyl halides is 1. The van der Waals surface area contributed by atoms with E-state index in [0.29, 0.717) is 22.8 Å². The van der Waals surface area contributed by atoms with E-state index in [2.05, 4.69) is 11.4 Å². The molecule has 4 rings (SSSR count). The minimum atomic E-state index is -4.23. The number of nitrogens with one attached hydrogen (secondary N) is 2. The second-order valence-electron chi connectivity index (χ2n) is 11.4. The van der Waals surface area contributed by atoms with Gasteiger partial charge in [0.1, 0.15) is 28.9 Å². The van der Waals surface area contributed by atoms with Crippen molar-refractivity contribution >= 4 is 50.8 Å². The molecule has 0 aliphatic heterocycles. The van der Waals surface area contributed by atoms with E-state index in [1.807, 2.05) is 47.2 Å². The molecule has 2 amide bonds. The first-order chi connectivity index (χ1) is 20.7. The van der Waals surface area contributed by atoms with Crippen molar-refractivity contribution in [3.63, 3.8) is 0 Å². The van der Waals surface area contributed by atoms with Crippen LogP contribution in [0.5, 0.6) is 5.75 Å². The lowest BCUT2D eigenvalue weighted by molar-refractivity contribution is -0.121. The summed E-state index contributed by atoms with van der Waals surface area (Å²) in [5.74, 6) is -0.367. The lowest BCUT2D eigenvalue weighted by atomic mass is 9.93. The van der Waals surface area contributed by atoms with E-state index in [9.17, 15) is 18.0 Å². The lowest BCUT2D eigenvalue weighted by Crippen LogP contribution is -2.50. The van der Waals surface area contributed by atoms with E-state index >= 15 is 0 Å². The Labute approximate surface area is 268 Å². The van der Waals surface area contributed by atoms with Gasteiger partial charge in [0.25, 0.3) is 15.9 Å². The fourth-order valence-corrected chi connectivity index (χ4v) is 5.64. The van der Waals surface area contributed by atoms with Crippen molar-refractivity contribution < 1.29 is 27.5 Å². The molecule has 3 aromatic rings. The molecule has 0 heterocycles. The van der Waals surface area contributed by atoms with Crippen molar-refractivity contribution in [2.75, 3.05) is 6.61 Å². The first-order valence-corrected chi connectivity index (χ1v) is 16.1. The number of ether oxygens (including phenoxy) is 2. The van der Waals surface area contributed by atoms with E-state index in [4.69, 9.17) is 32.7 Å². The summed E-state index contributed by atoms with van der Waals surface area (Å²) in [6.45, 7) is 5.27. The van der Waals surface area contributed by atoms with Crippen molar-refractivity contribution in [1.29, 1.82) is 0 Å². The van der Waals surface area contributed by atoms with Crippen LogP contribution < -0.4 is 14.8 Å². The molecule has 11 heteroatoms. The standard InChI is InChI=1S/C33H34Cl2N2O6S/c1-32(2,3)43-31(39)36-29(30(38)37-44(40,41)28-15-11-26(34)12-16-28)21-23-9-13-27(14-10-23)42-22-33(35)19-17-25(18-20-33)24-7-5-4-6-8-24/h4-19,29H,20-22H2,1-3H3,(H,36,39)(H,37,38). The zero-order valence-electron chi connectivity index (χ0n) is 24.5. The van der Waals surface area contributed by atoms with Crippen LogP contribution in [0.25, 0.3) is 5.57 Å². The van der Waals surface area contributed by atoms with Gasteiger partial charge in [0.15, 0.2) is 0 Å². The van der Waals surface area contributed by atoms with E-state index in [1.165, 1.54) is 24.3 Å². The van der Waals surface area contributed by atoms with Crippen molar-refractivity contribution in [1.82, 2.24) is 10.0 Å². The second-order valence-corrected chi connectivity index (χ2v) is 14.2. The van der Waals surface area contributed by atoms with E-state index < -0.39 is 38.5 Å². The van der Waals surface area contributed by atoms with Gasteiger partial charge in [-0.15, -0.1) is 11.6 Å². The molecule has 0 saturated carbocycles. The number of benzene rings is 3. The zero-order valence-corrected chi connectivity index (χ0v) is 26.9. The van der Waals surface area contributed by atoms with Crippen molar-refractivity contribution in [2.24, 2.45) is 0 Å². The maximum absolute atomic E-state index is 13.2. The third-order valence-corrected chi connectivity index (χ3v) is 8.54. The first-order valence-electron chi connectivity index (χ1n) is 13.9. The zero-order chi connectivity index (χ0) is 32.0. The summed E-state index contributed by atoms with van der Waals surface area (Å²) in [6.07, 6.45) is 5.74. The van der Waals surface area contributed by atoms with Crippen molar-refractivity contribution in [2.45, 2.75) is 55.0 Å². The number of carbonyl (C=O) groups is 2. The number of amides is 2. The molecule has 1 aliphatic rings. The summed E-state index contributed by atoms with van der Waals surface area (Å²) in [5.41, 5.74) is 2.04.